The van der Waals surface area contributed by atoms with Crippen molar-refractivity contribution in [3.8, 4) is 11.1 Å². The van der Waals surface area contributed by atoms with Crippen LogP contribution in [0.15, 0.2) is 60.8 Å². The Balaban J connectivity index is 1.86. The first-order valence-corrected chi connectivity index (χ1v) is 7.68. The van der Waals surface area contributed by atoms with Gasteiger partial charge in [-0.2, -0.15) is 0 Å². The molecule has 2 N–H and O–H groups in total. The van der Waals surface area contributed by atoms with Gasteiger partial charge in [0.15, 0.2) is 0 Å². The van der Waals surface area contributed by atoms with Gasteiger partial charge in [-0.25, -0.2) is 0 Å². The summed E-state index contributed by atoms with van der Waals surface area (Å²) in [6, 6.07) is 16.8. The lowest BCUT2D eigenvalue weighted by Crippen LogP contribution is -1.91. The molecule has 0 radical (unpaired) electrons. The quantitative estimate of drug-likeness (QED) is 0.549. The van der Waals surface area contributed by atoms with Crippen molar-refractivity contribution >= 4 is 23.0 Å². The number of rotatable bonds is 3. The molecule has 0 spiro atoms. The predicted molar refractivity (Wildman–Crippen MR) is 95.7 cm³/mol. The summed E-state index contributed by atoms with van der Waals surface area (Å²) in [5.41, 5.74) is 6.31. The first-order chi connectivity index (χ1) is 11.7. The van der Waals surface area contributed by atoms with Gasteiger partial charge in [0.2, 0.25) is 0 Å². The summed E-state index contributed by atoms with van der Waals surface area (Å²) in [5.74, 6) is 0. The predicted octanol–water partition coefficient (Wildman–Crippen LogP) is 4.56. The highest BCUT2D eigenvalue weighted by Gasteiger charge is 2.21. The summed E-state index contributed by atoms with van der Waals surface area (Å²) in [6.07, 6.45) is 4.00. The van der Waals surface area contributed by atoms with E-state index < -0.39 is 0 Å². The summed E-state index contributed by atoms with van der Waals surface area (Å²) in [6.45, 7) is 0.736. The number of hydrogen-bond acceptors (Lipinski definition) is 3. The average Bonchev–Trinajstić information content (AvgIpc) is 3.25. The maximum atomic E-state index is 11.1. The molecule has 4 rings (SSSR count). The SMILES string of the molecule is O=[N+]([O-])c1cccc(-c2cccc3c2/C(=C/c2ccc[nH]2)CN3)c1. The summed E-state index contributed by atoms with van der Waals surface area (Å²) in [7, 11) is 0. The fourth-order valence-electron chi connectivity index (χ4n) is 3.10. The molecular formula is C19H15N3O2. The Morgan fingerprint density at radius 3 is 2.75 bits per heavy atom. The Kier molecular flexibility index (Phi) is 3.39. The first kappa shape index (κ1) is 14.3. The van der Waals surface area contributed by atoms with Crippen LogP contribution < -0.4 is 5.32 Å². The molecule has 1 aliphatic rings. The van der Waals surface area contributed by atoms with Crippen molar-refractivity contribution in [1.82, 2.24) is 4.98 Å². The lowest BCUT2D eigenvalue weighted by Gasteiger charge is -2.09. The minimum atomic E-state index is -0.361. The van der Waals surface area contributed by atoms with E-state index in [-0.39, 0.29) is 10.6 Å². The van der Waals surface area contributed by atoms with Gasteiger partial charge in [-0.15, -0.1) is 0 Å². The highest BCUT2D eigenvalue weighted by molar-refractivity contribution is 5.99. The third-order valence-electron chi connectivity index (χ3n) is 4.17. The van der Waals surface area contributed by atoms with E-state index in [0.29, 0.717) is 0 Å². The number of nitrogens with zero attached hydrogens (tertiary/aromatic N) is 1. The summed E-state index contributed by atoms with van der Waals surface area (Å²) >= 11 is 0. The molecule has 0 bridgehead atoms. The number of aromatic amines is 1. The largest absolute Gasteiger partial charge is 0.380 e. The molecule has 1 aliphatic heterocycles. The second-order valence-corrected chi connectivity index (χ2v) is 5.68. The fraction of sp³-hybridized carbons (Fsp3) is 0.0526. The van der Waals surface area contributed by atoms with Crippen LogP contribution in [0.4, 0.5) is 11.4 Å². The zero-order chi connectivity index (χ0) is 16.5. The van der Waals surface area contributed by atoms with Crippen molar-refractivity contribution in [3.05, 3.63) is 82.2 Å². The van der Waals surface area contributed by atoms with E-state index in [4.69, 9.17) is 0 Å². The zero-order valence-corrected chi connectivity index (χ0v) is 12.8. The molecule has 0 saturated heterocycles. The number of nitro benzene ring substituents is 1. The molecule has 0 atom stereocenters. The molecule has 0 unspecified atom stereocenters. The topological polar surface area (TPSA) is 71.0 Å². The first-order valence-electron chi connectivity index (χ1n) is 7.68. The van der Waals surface area contributed by atoms with Gasteiger partial charge in [0.25, 0.3) is 5.69 Å². The lowest BCUT2D eigenvalue weighted by atomic mass is 9.94. The van der Waals surface area contributed by atoms with Crippen LogP contribution in [0.25, 0.3) is 22.8 Å². The number of non-ortho nitro benzene ring substituents is 1. The van der Waals surface area contributed by atoms with Gasteiger partial charge >= 0.3 is 0 Å². The average molecular weight is 317 g/mol. The Morgan fingerprint density at radius 1 is 1.08 bits per heavy atom. The van der Waals surface area contributed by atoms with Gasteiger partial charge in [0.05, 0.1) is 4.92 Å². The number of anilines is 1. The number of benzene rings is 2. The number of nitrogens with one attached hydrogen (secondary N) is 2. The zero-order valence-electron chi connectivity index (χ0n) is 12.8. The van der Waals surface area contributed by atoms with Crippen LogP contribution in [0.5, 0.6) is 0 Å². The second kappa shape index (κ2) is 5.70. The maximum Gasteiger partial charge on any atom is 0.270 e. The van der Waals surface area contributed by atoms with Crippen LogP contribution in [-0.2, 0) is 0 Å². The summed E-state index contributed by atoms with van der Waals surface area (Å²) in [5, 5.41) is 14.5. The molecule has 118 valence electrons. The van der Waals surface area contributed by atoms with E-state index in [2.05, 4.69) is 16.4 Å². The van der Waals surface area contributed by atoms with Gasteiger partial charge in [0.1, 0.15) is 0 Å². The van der Waals surface area contributed by atoms with Crippen molar-refractivity contribution in [2.75, 3.05) is 11.9 Å². The Labute approximate surface area is 138 Å². The van der Waals surface area contributed by atoms with Crippen LogP contribution in [0.2, 0.25) is 0 Å². The van der Waals surface area contributed by atoms with Crippen molar-refractivity contribution in [2.45, 2.75) is 0 Å². The van der Waals surface area contributed by atoms with Crippen molar-refractivity contribution in [1.29, 1.82) is 0 Å². The molecule has 2 heterocycles. The molecule has 0 saturated carbocycles. The van der Waals surface area contributed by atoms with E-state index in [0.717, 1.165) is 40.2 Å². The molecule has 1 aromatic heterocycles. The van der Waals surface area contributed by atoms with Crippen molar-refractivity contribution in [3.63, 3.8) is 0 Å². The Hall–Kier alpha value is -3.34. The third kappa shape index (κ3) is 2.46. The van der Waals surface area contributed by atoms with Gasteiger partial charge in [-0.05, 0) is 41.0 Å². The highest BCUT2D eigenvalue weighted by atomic mass is 16.6. The smallest absolute Gasteiger partial charge is 0.270 e. The van der Waals surface area contributed by atoms with E-state index in [1.54, 1.807) is 12.1 Å². The van der Waals surface area contributed by atoms with Gasteiger partial charge < -0.3 is 10.3 Å². The standard InChI is InChI=1S/C19H15N3O2/c23-22(24)16-6-1-4-13(11-16)17-7-2-8-18-19(17)14(12-21-18)10-15-5-3-9-20-15/h1-11,20-21H,12H2/b14-10+. The van der Waals surface area contributed by atoms with E-state index in [1.165, 1.54) is 6.07 Å². The van der Waals surface area contributed by atoms with Crippen LogP contribution in [-0.4, -0.2) is 16.5 Å². The molecule has 0 aliphatic carbocycles. The number of H-pyrrole nitrogens is 1. The minimum absolute atomic E-state index is 0.103. The van der Waals surface area contributed by atoms with Gasteiger partial charge in [-0.3, -0.25) is 10.1 Å². The Bertz CT molecular complexity index is 943. The van der Waals surface area contributed by atoms with Crippen molar-refractivity contribution in [2.24, 2.45) is 0 Å². The van der Waals surface area contributed by atoms with E-state index in [1.807, 2.05) is 42.6 Å². The fourth-order valence-corrected chi connectivity index (χ4v) is 3.10. The second-order valence-electron chi connectivity index (χ2n) is 5.68. The van der Waals surface area contributed by atoms with E-state index in [9.17, 15) is 10.1 Å². The molecule has 3 aromatic rings. The number of nitro groups is 1. The number of aromatic nitrogens is 1. The number of hydrogen-bond donors (Lipinski definition) is 2. The van der Waals surface area contributed by atoms with Crippen LogP contribution in [0, 0.1) is 10.1 Å². The summed E-state index contributed by atoms with van der Waals surface area (Å²) < 4.78 is 0. The normalized spacial score (nSPS) is 14.4. The summed E-state index contributed by atoms with van der Waals surface area (Å²) in [4.78, 5) is 13.9. The van der Waals surface area contributed by atoms with Crippen LogP contribution >= 0.6 is 0 Å². The van der Waals surface area contributed by atoms with Crippen LogP contribution in [0.3, 0.4) is 0 Å². The monoisotopic (exact) mass is 317 g/mol. The van der Waals surface area contributed by atoms with Crippen LogP contribution in [0.1, 0.15) is 11.3 Å². The minimum Gasteiger partial charge on any atom is -0.380 e. The van der Waals surface area contributed by atoms with Gasteiger partial charge in [-0.1, -0.05) is 24.3 Å². The molecule has 5 heteroatoms. The van der Waals surface area contributed by atoms with Crippen molar-refractivity contribution < 1.29 is 4.92 Å². The molecule has 2 aromatic carbocycles. The number of fused-ring (bicyclic) bond motifs is 1. The Morgan fingerprint density at radius 2 is 1.96 bits per heavy atom. The van der Waals surface area contributed by atoms with E-state index >= 15 is 0 Å². The third-order valence-corrected chi connectivity index (χ3v) is 4.17. The molecule has 0 amide bonds. The molecular weight excluding hydrogens is 302 g/mol. The van der Waals surface area contributed by atoms with Gasteiger partial charge in [0, 0.05) is 41.8 Å². The molecule has 24 heavy (non-hydrogen) atoms. The maximum absolute atomic E-state index is 11.1. The molecule has 0 fully saturated rings. The molecule has 5 nitrogen and oxygen atoms in total. The lowest BCUT2D eigenvalue weighted by molar-refractivity contribution is -0.384. The highest BCUT2D eigenvalue weighted by Crippen LogP contribution is 2.40.